The largest absolute Gasteiger partial charge is 0.465 e. The van der Waals surface area contributed by atoms with E-state index in [2.05, 4.69) is 42.5 Å². The number of anilines is 3. The van der Waals surface area contributed by atoms with Gasteiger partial charge in [-0.05, 0) is 144 Å². The molecule has 6 amide bonds. The number of hydrogen-bond donors (Lipinski definition) is 1. The third kappa shape index (κ3) is 19.2. The van der Waals surface area contributed by atoms with Crippen LogP contribution in [-0.4, -0.2) is 195 Å². The Kier molecular flexibility index (Phi) is 26.1. The second-order valence-electron chi connectivity index (χ2n) is 24.1. The van der Waals surface area contributed by atoms with Gasteiger partial charge in [-0.1, -0.05) is 91.0 Å². The number of rotatable bonds is 16. The van der Waals surface area contributed by atoms with Crippen molar-refractivity contribution in [2.75, 3.05) is 154 Å². The normalized spacial score (nSPS) is 16.9. The minimum absolute atomic E-state index is 0.0329. The molecule has 6 aliphatic rings. The van der Waals surface area contributed by atoms with E-state index in [4.69, 9.17) is 43.0 Å². The summed E-state index contributed by atoms with van der Waals surface area (Å²) in [6, 6.07) is 45.9. The highest BCUT2D eigenvalue weighted by Gasteiger charge is 2.30. The van der Waals surface area contributed by atoms with E-state index < -0.39 is 6.61 Å². The third-order valence-corrected chi connectivity index (χ3v) is 18.0. The van der Waals surface area contributed by atoms with E-state index >= 15 is 0 Å². The summed E-state index contributed by atoms with van der Waals surface area (Å²) in [4.78, 5) is 86.7. The average Bonchev–Trinajstić information content (AvgIpc) is 1.05. The number of carbonyl (C=O) groups is 6. The number of aliphatic hydroxyl groups excluding tert-OH is 1. The van der Waals surface area contributed by atoms with Gasteiger partial charge in [-0.3, -0.25) is 19.5 Å². The molecule has 6 heterocycles. The van der Waals surface area contributed by atoms with Gasteiger partial charge in [0.05, 0.1) is 97.8 Å². The Morgan fingerprint density at radius 1 is 0.427 bits per heavy atom. The summed E-state index contributed by atoms with van der Waals surface area (Å²) in [7, 11) is 2.73. The van der Waals surface area contributed by atoms with Crippen LogP contribution < -0.4 is 14.7 Å². The molecule has 0 saturated carbocycles. The minimum Gasteiger partial charge on any atom is -0.465 e. The standard InChI is InChI=1S/C25H30N2O5.C25H28N2O5.C25H30N2O5/c2*1-30-24(28)21-7-5-19(6-8-21)18-27(25(29)26-11-15-32-16-12-26)23-4-2-3-22(17-23)20-9-13-31-14-10-20;28-18-24(29)21-6-4-19(5-7-21)17-27(25(30)26-10-14-32-15-11-26)23-3-1-2-22(16-23)20-8-12-31-13-9-20/h2-8,17,20H,9-16,18H2,1H3;2-9,17H,10-16,18H2,1H3;1-7,16,20,28H,8-15,17-18H2. The molecule has 0 atom stereocenters. The maximum absolute atomic E-state index is 13.5. The van der Waals surface area contributed by atoms with E-state index in [1.54, 1.807) is 46.2 Å². The van der Waals surface area contributed by atoms with Crippen LogP contribution in [0, 0.1) is 0 Å². The van der Waals surface area contributed by atoms with Crippen LogP contribution in [0.4, 0.5) is 31.4 Å². The number of urea groups is 3. The van der Waals surface area contributed by atoms with E-state index in [0.717, 1.165) is 97.8 Å². The molecule has 6 aromatic rings. The van der Waals surface area contributed by atoms with Crippen LogP contribution in [-0.2, 0) is 57.5 Å². The summed E-state index contributed by atoms with van der Waals surface area (Å²) < 4.78 is 42.3. The molecule has 96 heavy (non-hydrogen) atoms. The van der Waals surface area contributed by atoms with Gasteiger partial charge in [0.1, 0.15) is 6.61 Å². The summed E-state index contributed by atoms with van der Waals surface area (Å²) in [6.07, 6.45) is 6.92. The maximum atomic E-state index is 13.5. The summed E-state index contributed by atoms with van der Waals surface area (Å²) in [5.41, 5.74) is 11.6. The van der Waals surface area contributed by atoms with Gasteiger partial charge in [-0.25, -0.2) is 24.0 Å². The molecule has 5 saturated heterocycles. The number of esters is 2. The van der Waals surface area contributed by atoms with Crippen LogP contribution in [0.25, 0.3) is 5.57 Å². The number of aliphatic hydroxyl groups is 1. The predicted molar refractivity (Wildman–Crippen MR) is 364 cm³/mol. The van der Waals surface area contributed by atoms with Crippen molar-refractivity contribution in [3.8, 4) is 0 Å². The number of amides is 6. The Hall–Kier alpha value is -8.80. The molecule has 0 aliphatic carbocycles. The van der Waals surface area contributed by atoms with E-state index in [9.17, 15) is 28.8 Å². The predicted octanol–water partition coefficient (Wildman–Crippen LogP) is 10.8. The zero-order valence-corrected chi connectivity index (χ0v) is 55.0. The first-order valence-corrected chi connectivity index (χ1v) is 33.2. The zero-order chi connectivity index (χ0) is 67.0. The lowest BCUT2D eigenvalue weighted by Crippen LogP contribution is -2.48. The van der Waals surface area contributed by atoms with Gasteiger partial charge in [-0.2, -0.15) is 0 Å². The van der Waals surface area contributed by atoms with Crippen molar-refractivity contribution < 1.29 is 71.8 Å². The number of ketones is 1. The van der Waals surface area contributed by atoms with Gasteiger partial charge in [0.15, 0.2) is 5.78 Å². The molecule has 1 N–H and O–H groups in total. The SMILES string of the molecule is COC(=O)c1ccc(CN(C(=O)N2CCOCC2)c2cccc(C3=CCOCC3)c2)cc1.COC(=O)c1ccc(CN(C(=O)N2CCOCC2)c2cccc(C3CCOCC3)c2)cc1.O=C(CO)c1ccc(CN(C(=O)N2CCOCC2)c2cccc(C3CCOCC3)c2)cc1. The van der Waals surface area contributed by atoms with Crippen molar-refractivity contribution in [3.05, 3.63) is 202 Å². The number of ether oxygens (including phenoxy) is 8. The minimum atomic E-state index is -0.514. The highest BCUT2D eigenvalue weighted by atomic mass is 16.5. The van der Waals surface area contributed by atoms with Crippen LogP contribution in [0.1, 0.15) is 108 Å². The lowest BCUT2D eigenvalue weighted by atomic mass is 9.91. The molecular weight excluding hydrogens is 1220 g/mol. The highest BCUT2D eigenvalue weighted by molar-refractivity contribution is 5.97. The number of methoxy groups -OCH3 is 2. The van der Waals surface area contributed by atoms with Gasteiger partial charge < -0.3 is 57.7 Å². The molecule has 21 nitrogen and oxygen atoms in total. The Balaban J connectivity index is 0.000000157. The molecule has 6 aromatic carbocycles. The fourth-order valence-electron chi connectivity index (χ4n) is 12.4. The Labute approximate surface area is 561 Å². The second kappa shape index (κ2) is 35.8. The summed E-state index contributed by atoms with van der Waals surface area (Å²) in [5.74, 6) is -0.185. The van der Waals surface area contributed by atoms with E-state index in [-0.39, 0.29) is 35.8 Å². The number of nitrogens with zero attached hydrogens (tertiary/aromatic N) is 6. The van der Waals surface area contributed by atoms with Crippen molar-refractivity contribution >= 4 is 58.5 Å². The molecule has 508 valence electrons. The second-order valence-corrected chi connectivity index (χ2v) is 24.1. The van der Waals surface area contributed by atoms with Crippen LogP contribution in [0.15, 0.2) is 152 Å². The summed E-state index contributed by atoms with van der Waals surface area (Å²) in [6.45, 7) is 11.8. The Bertz CT molecular complexity index is 3400. The van der Waals surface area contributed by atoms with Crippen LogP contribution in [0.2, 0.25) is 0 Å². The molecule has 12 rings (SSSR count). The first-order valence-electron chi connectivity index (χ1n) is 33.2. The number of benzene rings is 6. The average molecular weight is 1310 g/mol. The maximum Gasteiger partial charge on any atom is 0.337 e. The van der Waals surface area contributed by atoms with Gasteiger partial charge >= 0.3 is 30.0 Å². The molecule has 0 bridgehead atoms. The number of carbonyl (C=O) groups excluding carboxylic acids is 6. The van der Waals surface area contributed by atoms with Crippen LogP contribution in [0.3, 0.4) is 0 Å². The zero-order valence-electron chi connectivity index (χ0n) is 55.0. The third-order valence-electron chi connectivity index (χ3n) is 18.0. The molecule has 0 spiro atoms. The van der Waals surface area contributed by atoms with Crippen molar-refractivity contribution in [1.29, 1.82) is 0 Å². The molecule has 0 radical (unpaired) electrons. The first-order chi connectivity index (χ1) is 47.0. The molecule has 0 unspecified atom stereocenters. The van der Waals surface area contributed by atoms with E-state index in [0.29, 0.717) is 140 Å². The van der Waals surface area contributed by atoms with Gasteiger partial charge in [0.2, 0.25) is 0 Å². The van der Waals surface area contributed by atoms with Gasteiger partial charge in [-0.15, -0.1) is 0 Å². The summed E-state index contributed by atoms with van der Waals surface area (Å²) >= 11 is 0. The quantitative estimate of drug-likeness (QED) is 0.0704. The Morgan fingerprint density at radius 3 is 1.14 bits per heavy atom. The van der Waals surface area contributed by atoms with Crippen molar-refractivity contribution in [1.82, 2.24) is 14.7 Å². The van der Waals surface area contributed by atoms with Gasteiger partial charge in [0, 0.05) is 88.3 Å². The highest BCUT2D eigenvalue weighted by Crippen LogP contribution is 2.34. The van der Waals surface area contributed by atoms with Crippen molar-refractivity contribution in [3.63, 3.8) is 0 Å². The Morgan fingerprint density at radius 2 is 0.781 bits per heavy atom. The topological polar surface area (TPSA) is 216 Å². The smallest absolute Gasteiger partial charge is 0.337 e. The number of morpholine rings is 3. The lowest BCUT2D eigenvalue weighted by Gasteiger charge is -2.33. The van der Waals surface area contributed by atoms with Gasteiger partial charge in [0.25, 0.3) is 0 Å². The molecule has 5 fully saturated rings. The monoisotopic (exact) mass is 1310 g/mol. The molecule has 6 aliphatic heterocycles. The molecule has 0 aromatic heterocycles. The van der Waals surface area contributed by atoms with Crippen LogP contribution in [0.5, 0.6) is 0 Å². The number of Topliss-reactive ketones (excluding diaryl/α,β-unsaturated/α-hetero) is 1. The van der Waals surface area contributed by atoms with Crippen molar-refractivity contribution in [2.24, 2.45) is 0 Å². The van der Waals surface area contributed by atoms with E-state index in [1.165, 1.54) is 30.9 Å². The fraction of sp³-hybridized carbons (Fsp3) is 0.413. The fourth-order valence-corrected chi connectivity index (χ4v) is 12.4. The van der Waals surface area contributed by atoms with E-state index in [1.807, 2.05) is 92.4 Å². The number of hydrogen-bond acceptors (Lipinski definition) is 15. The van der Waals surface area contributed by atoms with Crippen LogP contribution >= 0.6 is 0 Å². The van der Waals surface area contributed by atoms with Crippen molar-refractivity contribution in [2.45, 2.75) is 63.6 Å². The summed E-state index contributed by atoms with van der Waals surface area (Å²) in [5, 5.41) is 9.08. The molecule has 21 heteroatoms. The first kappa shape index (κ1) is 70.0. The molecular formula is C75H88N6O15. The lowest BCUT2D eigenvalue weighted by molar-refractivity contribution is 0.0548.